The molecule has 3 heteroatoms. The lowest BCUT2D eigenvalue weighted by Gasteiger charge is -2.11. The molecule has 1 aliphatic rings. The lowest BCUT2D eigenvalue weighted by atomic mass is 10.2. The van der Waals surface area contributed by atoms with Crippen LogP contribution < -0.4 is 10.5 Å². The van der Waals surface area contributed by atoms with Gasteiger partial charge >= 0.3 is 0 Å². The molecule has 0 aliphatic heterocycles. The largest absolute Gasteiger partial charge is 0.491 e. The Morgan fingerprint density at radius 2 is 2.21 bits per heavy atom. The summed E-state index contributed by atoms with van der Waals surface area (Å²) < 4.78 is 6.69. The molecule has 2 N–H and O–H groups in total. The van der Waals surface area contributed by atoms with Gasteiger partial charge < -0.3 is 10.5 Å². The molecule has 1 aliphatic carbocycles. The quantitative estimate of drug-likeness (QED) is 0.843. The summed E-state index contributed by atoms with van der Waals surface area (Å²) >= 11 is 3.44. The summed E-state index contributed by atoms with van der Waals surface area (Å²) in [5.41, 5.74) is 7.74. The van der Waals surface area contributed by atoms with Gasteiger partial charge in [0.1, 0.15) is 5.75 Å². The molecule has 1 aromatic rings. The molecule has 0 unspecified atom stereocenters. The number of anilines is 1. The first-order valence-corrected chi connectivity index (χ1v) is 5.65. The summed E-state index contributed by atoms with van der Waals surface area (Å²) in [5, 5.41) is 0. The van der Waals surface area contributed by atoms with Crippen LogP contribution in [0.5, 0.6) is 5.75 Å². The van der Waals surface area contributed by atoms with Crippen LogP contribution in [-0.2, 0) is 0 Å². The van der Waals surface area contributed by atoms with Crippen molar-refractivity contribution in [2.24, 2.45) is 5.92 Å². The molecular formula is C11H14BrNO. The van der Waals surface area contributed by atoms with Crippen molar-refractivity contribution in [3.63, 3.8) is 0 Å². The smallest absolute Gasteiger partial charge is 0.142 e. The predicted octanol–water partition coefficient (Wildman–Crippen LogP) is 3.13. The Hall–Kier alpha value is -0.700. The summed E-state index contributed by atoms with van der Waals surface area (Å²) in [4.78, 5) is 0. The van der Waals surface area contributed by atoms with Crippen molar-refractivity contribution in [1.82, 2.24) is 0 Å². The Balaban J connectivity index is 2.11. The summed E-state index contributed by atoms with van der Waals surface area (Å²) in [6.07, 6.45) is 2.60. The highest BCUT2D eigenvalue weighted by Gasteiger charge is 2.22. The van der Waals surface area contributed by atoms with E-state index in [9.17, 15) is 0 Å². The second-order valence-corrected chi connectivity index (χ2v) is 4.69. The average Bonchev–Trinajstić information content (AvgIpc) is 2.97. The van der Waals surface area contributed by atoms with E-state index < -0.39 is 0 Å². The van der Waals surface area contributed by atoms with Gasteiger partial charge in [-0.2, -0.15) is 0 Å². The molecule has 0 spiro atoms. The number of nitrogen functional groups attached to an aromatic ring is 1. The second-order valence-electron chi connectivity index (χ2n) is 3.84. The van der Waals surface area contributed by atoms with Crippen molar-refractivity contribution in [3.8, 4) is 5.75 Å². The van der Waals surface area contributed by atoms with Crippen LogP contribution in [0.3, 0.4) is 0 Å². The first-order chi connectivity index (χ1) is 6.68. The van der Waals surface area contributed by atoms with E-state index in [1.165, 1.54) is 12.8 Å². The molecule has 1 saturated carbocycles. The van der Waals surface area contributed by atoms with E-state index in [2.05, 4.69) is 15.9 Å². The average molecular weight is 256 g/mol. The van der Waals surface area contributed by atoms with Gasteiger partial charge in [-0.1, -0.05) is 15.9 Å². The topological polar surface area (TPSA) is 35.2 Å². The molecule has 0 bridgehead atoms. The van der Waals surface area contributed by atoms with Crippen molar-refractivity contribution in [3.05, 3.63) is 22.2 Å². The summed E-state index contributed by atoms with van der Waals surface area (Å²) in [6.45, 7) is 2.80. The summed E-state index contributed by atoms with van der Waals surface area (Å²) in [6, 6.07) is 3.91. The van der Waals surface area contributed by atoms with Gasteiger partial charge in [0.25, 0.3) is 0 Å². The Kier molecular flexibility index (Phi) is 2.68. The number of nitrogens with two attached hydrogens (primary N) is 1. The maximum Gasteiger partial charge on any atom is 0.142 e. The number of ether oxygens (including phenoxy) is 1. The standard InChI is InChI=1S/C11H14BrNO/c1-7-9(12)4-5-10(11(7)13)14-6-8-2-3-8/h4-5,8H,2-3,6,13H2,1H3. The van der Waals surface area contributed by atoms with Gasteiger partial charge in [0, 0.05) is 4.47 Å². The summed E-state index contributed by atoms with van der Waals surface area (Å²) in [7, 11) is 0. The minimum absolute atomic E-state index is 0.750. The Morgan fingerprint density at radius 1 is 1.50 bits per heavy atom. The third-order valence-corrected chi connectivity index (χ3v) is 3.44. The number of benzene rings is 1. The van der Waals surface area contributed by atoms with Crippen LogP contribution in [0.4, 0.5) is 5.69 Å². The maximum atomic E-state index is 5.94. The number of rotatable bonds is 3. The fraction of sp³-hybridized carbons (Fsp3) is 0.455. The van der Waals surface area contributed by atoms with E-state index in [1.54, 1.807) is 0 Å². The zero-order valence-electron chi connectivity index (χ0n) is 8.22. The van der Waals surface area contributed by atoms with Gasteiger partial charge in [-0.05, 0) is 43.4 Å². The van der Waals surface area contributed by atoms with E-state index >= 15 is 0 Å². The number of hydrogen-bond acceptors (Lipinski definition) is 2. The lowest BCUT2D eigenvalue weighted by molar-refractivity contribution is 0.301. The first kappa shape index (κ1) is 9.84. The van der Waals surface area contributed by atoms with E-state index in [1.807, 2.05) is 19.1 Å². The molecule has 0 amide bonds. The van der Waals surface area contributed by atoms with Crippen molar-refractivity contribution in [2.75, 3.05) is 12.3 Å². The van der Waals surface area contributed by atoms with Crippen molar-refractivity contribution in [1.29, 1.82) is 0 Å². The molecule has 2 nitrogen and oxygen atoms in total. The number of hydrogen-bond donors (Lipinski definition) is 1. The van der Waals surface area contributed by atoms with Crippen LogP contribution in [0.1, 0.15) is 18.4 Å². The van der Waals surface area contributed by atoms with E-state index in [0.29, 0.717) is 0 Å². The van der Waals surface area contributed by atoms with Crippen LogP contribution in [0.25, 0.3) is 0 Å². The molecule has 0 saturated heterocycles. The number of halogens is 1. The maximum absolute atomic E-state index is 5.94. The van der Waals surface area contributed by atoms with E-state index in [4.69, 9.17) is 10.5 Å². The van der Waals surface area contributed by atoms with E-state index in [0.717, 1.165) is 34.0 Å². The van der Waals surface area contributed by atoms with Crippen molar-refractivity contribution < 1.29 is 4.74 Å². The highest BCUT2D eigenvalue weighted by atomic mass is 79.9. The highest BCUT2D eigenvalue weighted by molar-refractivity contribution is 9.10. The Labute approximate surface area is 92.6 Å². The molecule has 0 radical (unpaired) electrons. The monoisotopic (exact) mass is 255 g/mol. The van der Waals surface area contributed by atoms with Crippen LogP contribution in [0.2, 0.25) is 0 Å². The van der Waals surface area contributed by atoms with Crippen LogP contribution in [0.15, 0.2) is 16.6 Å². The molecule has 2 rings (SSSR count). The van der Waals surface area contributed by atoms with Crippen molar-refractivity contribution >= 4 is 21.6 Å². The first-order valence-electron chi connectivity index (χ1n) is 4.86. The van der Waals surface area contributed by atoms with Crippen LogP contribution >= 0.6 is 15.9 Å². The van der Waals surface area contributed by atoms with Gasteiger partial charge in [-0.3, -0.25) is 0 Å². The molecule has 0 heterocycles. The molecular weight excluding hydrogens is 242 g/mol. The molecule has 14 heavy (non-hydrogen) atoms. The molecule has 0 aromatic heterocycles. The minimum atomic E-state index is 0.750. The van der Waals surface area contributed by atoms with Gasteiger partial charge in [-0.15, -0.1) is 0 Å². The zero-order valence-corrected chi connectivity index (χ0v) is 9.80. The third-order valence-electron chi connectivity index (χ3n) is 2.58. The van der Waals surface area contributed by atoms with Crippen molar-refractivity contribution in [2.45, 2.75) is 19.8 Å². The lowest BCUT2D eigenvalue weighted by Crippen LogP contribution is -2.03. The highest BCUT2D eigenvalue weighted by Crippen LogP contribution is 2.34. The van der Waals surface area contributed by atoms with E-state index in [-0.39, 0.29) is 0 Å². The van der Waals surface area contributed by atoms with Gasteiger partial charge in [0.05, 0.1) is 12.3 Å². The fourth-order valence-electron chi connectivity index (χ4n) is 1.30. The van der Waals surface area contributed by atoms with Gasteiger partial charge in [0.15, 0.2) is 0 Å². The Bertz CT molecular complexity index is 347. The summed E-state index contributed by atoms with van der Waals surface area (Å²) in [5.74, 6) is 1.58. The van der Waals surface area contributed by atoms with Gasteiger partial charge in [-0.25, -0.2) is 0 Å². The third kappa shape index (κ3) is 2.03. The minimum Gasteiger partial charge on any atom is -0.491 e. The molecule has 1 aromatic carbocycles. The molecule has 76 valence electrons. The van der Waals surface area contributed by atoms with Crippen LogP contribution in [0, 0.1) is 12.8 Å². The predicted molar refractivity (Wildman–Crippen MR) is 61.5 cm³/mol. The zero-order chi connectivity index (χ0) is 10.1. The molecule has 1 fully saturated rings. The van der Waals surface area contributed by atoms with Gasteiger partial charge in [0.2, 0.25) is 0 Å². The Morgan fingerprint density at radius 3 is 2.86 bits per heavy atom. The SMILES string of the molecule is Cc1c(Br)ccc(OCC2CC2)c1N. The second kappa shape index (κ2) is 3.81. The van der Waals surface area contributed by atoms with Crippen LogP contribution in [-0.4, -0.2) is 6.61 Å². The fourth-order valence-corrected chi connectivity index (χ4v) is 1.64. The molecule has 0 atom stereocenters. The normalized spacial score (nSPS) is 15.6.